The summed E-state index contributed by atoms with van der Waals surface area (Å²) in [4.78, 5) is 13.5. The second-order valence-corrected chi connectivity index (χ2v) is 4.51. The molecule has 94 valence electrons. The molecule has 0 aliphatic rings. The van der Waals surface area contributed by atoms with Crippen LogP contribution < -0.4 is 11.1 Å². The van der Waals surface area contributed by atoms with E-state index in [1.807, 2.05) is 32.3 Å². The molecule has 0 bridgehead atoms. The number of nitrogens with one attached hydrogen (secondary N) is 1. The molecule has 0 fully saturated rings. The maximum absolute atomic E-state index is 11.4. The summed E-state index contributed by atoms with van der Waals surface area (Å²) in [6, 6.07) is 7.63. The minimum Gasteiger partial charge on any atom is -0.351 e. The maximum Gasteiger partial charge on any atom is 0.236 e. The first kappa shape index (κ1) is 13.7. The van der Waals surface area contributed by atoms with Crippen LogP contribution in [-0.4, -0.2) is 30.9 Å². The van der Waals surface area contributed by atoms with Crippen LogP contribution in [0.25, 0.3) is 0 Å². The molecule has 17 heavy (non-hydrogen) atoms. The molecule has 0 aromatic heterocycles. The normalized spacial score (nSPS) is 12.5. The highest BCUT2D eigenvalue weighted by atomic mass is 16.2. The monoisotopic (exact) mass is 235 g/mol. The number of amides is 1. The van der Waals surface area contributed by atoms with E-state index in [4.69, 9.17) is 5.73 Å². The number of carbonyl (C=O) groups excluding carboxylic acids is 1. The molecule has 0 spiro atoms. The second kappa shape index (κ2) is 6.37. The quantitative estimate of drug-likeness (QED) is 0.790. The van der Waals surface area contributed by atoms with Crippen molar-refractivity contribution in [1.29, 1.82) is 0 Å². The molecule has 4 heteroatoms. The summed E-state index contributed by atoms with van der Waals surface area (Å²) in [5.74, 6) is -0.121. The zero-order chi connectivity index (χ0) is 12.8. The lowest BCUT2D eigenvalue weighted by atomic mass is 10.1. The SMILES string of the molecule is CC(N)C(=O)NCc1ccccc1CN(C)C. The summed E-state index contributed by atoms with van der Waals surface area (Å²) in [7, 11) is 4.05. The van der Waals surface area contributed by atoms with E-state index in [0.29, 0.717) is 6.54 Å². The van der Waals surface area contributed by atoms with Crippen molar-refractivity contribution in [3.05, 3.63) is 35.4 Å². The van der Waals surface area contributed by atoms with E-state index >= 15 is 0 Å². The Kier molecular flexibility index (Phi) is 5.12. The van der Waals surface area contributed by atoms with Gasteiger partial charge in [0.05, 0.1) is 6.04 Å². The van der Waals surface area contributed by atoms with Crippen molar-refractivity contribution in [2.24, 2.45) is 5.73 Å². The first-order chi connectivity index (χ1) is 8.00. The molecule has 0 radical (unpaired) electrons. The van der Waals surface area contributed by atoms with Crippen LogP contribution in [0.1, 0.15) is 18.1 Å². The molecule has 1 amide bonds. The molecule has 0 aliphatic carbocycles. The van der Waals surface area contributed by atoms with Crippen LogP contribution >= 0.6 is 0 Å². The fourth-order valence-electron chi connectivity index (χ4n) is 1.57. The molecule has 4 nitrogen and oxygen atoms in total. The Morgan fingerprint density at radius 1 is 1.35 bits per heavy atom. The summed E-state index contributed by atoms with van der Waals surface area (Å²) >= 11 is 0. The summed E-state index contributed by atoms with van der Waals surface area (Å²) < 4.78 is 0. The maximum atomic E-state index is 11.4. The molecule has 0 aliphatic heterocycles. The lowest BCUT2D eigenvalue weighted by Gasteiger charge is -2.15. The molecule has 1 unspecified atom stereocenters. The largest absolute Gasteiger partial charge is 0.351 e. The van der Waals surface area contributed by atoms with E-state index in [-0.39, 0.29) is 5.91 Å². The lowest BCUT2D eigenvalue weighted by Crippen LogP contribution is -2.38. The fourth-order valence-corrected chi connectivity index (χ4v) is 1.57. The van der Waals surface area contributed by atoms with Gasteiger partial charge in [-0.1, -0.05) is 24.3 Å². The Morgan fingerprint density at radius 2 is 1.94 bits per heavy atom. The van der Waals surface area contributed by atoms with Crippen LogP contribution in [0.2, 0.25) is 0 Å². The number of hydrogen-bond donors (Lipinski definition) is 2. The molecule has 0 heterocycles. The number of rotatable bonds is 5. The van der Waals surface area contributed by atoms with E-state index in [2.05, 4.69) is 16.3 Å². The highest BCUT2D eigenvalue weighted by Gasteiger charge is 2.08. The minimum atomic E-state index is -0.462. The highest BCUT2D eigenvalue weighted by molar-refractivity contribution is 5.80. The number of hydrogen-bond acceptors (Lipinski definition) is 3. The van der Waals surface area contributed by atoms with Gasteiger partial charge < -0.3 is 16.0 Å². The number of carbonyl (C=O) groups is 1. The van der Waals surface area contributed by atoms with Crippen molar-refractivity contribution in [3.8, 4) is 0 Å². The lowest BCUT2D eigenvalue weighted by molar-refractivity contribution is -0.122. The Hall–Kier alpha value is -1.39. The molecular weight excluding hydrogens is 214 g/mol. The van der Waals surface area contributed by atoms with E-state index in [1.54, 1.807) is 6.92 Å². The van der Waals surface area contributed by atoms with Crippen LogP contribution in [0.5, 0.6) is 0 Å². The second-order valence-electron chi connectivity index (χ2n) is 4.51. The number of benzene rings is 1. The van der Waals surface area contributed by atoms with E-state index in [1.165, 1.54) is 5.56 Å². The Balaban J connectivity index is 2.67. The van der Waals surface area contributed by atoms with Crippen molar-refractivity contribution >= 4 is 5.91 Å². The van der Waals surface area contributed by atoms with Gasteiger partial charge in [0.1, 0.15) is 0 Å². The van der Waals surface area contributed by atoms with Gasteiger partial charge in [-0.2, -0.15) is 0 Å². The van der Waals surface area contributed by atoms with Crippen molar-refractivity contribution in [2.75, 3.05) is 14.1 Å². The molecule has 3 N–H and O–H groups in total. The molecule has 1 aromatic carbocycles. The van der Waals surface area contributed by atoms with Gasteiger partial charge in [-0.15, -0.1) is 0 Å². The zero-order valence-corrected chi connectivity index (χ0v) is 10.7. The first-order valence-electron chi connectivity index (χ1n) is 5.75. The topological polar surface area (TPSA) is 58.4 Å². The van der Waals surface area contributed by atoms with E-state index < -0.39 is 6.04 Å². The smallest absolute Gasteiger partial charge is 0.236 e. The van der Waals surface area contributed by atoms with Crippen LogP contribution in [0.4, 0.5) is 0 Å². The van der Waals surface area contributed by atoms with Gasteiger partial charge in [0.25, 0.3) is 0 Å². The van der Waals surface area contributed by atoms with Gasteiger partial charge >= 0.3 is 0 Å². The number of nitrogens with zero attached hydrogens (tertiary/aromatic N) is 1. The average molecular weight is 235 g/mol. The number of nitrogens with two attached hydrogens (primary N) is 1. The van der Waals surface area contributed by atoms with Gasteiger partial charge in [-0.3, -0.25) is 4.79 Å². The van der Waals surface area contributed by atoms with E-state index in [9.17, 15) is 4.79 Å². The predicted octanol–water partition coefficient (Wildman–Crippen LogP) is 0.712. The molecule has 0 saturated carbocycles. The van der Waals surface area contributed by atoms with Crippen LogP contribution in [0, 0.1) is 0 Å². The van der Waals surface area contributed by atoms with Gasteiger partial charge in [-0.25, -0.2) is 0 Å². The van der Waals surface area contributed by atoms with Gasteiger partial charge in [0, 0.05) is 13.1 Å². The molecule has 0 saturated heterocycles. The van der Waals surface area contributed by atoms with Crippen molar-refractivity contribution in [3.63, 3.8) is 0 Å². The third-order valence-electron chi connectivity index (χ3n) is 2.47. The van der Waals surface area contributed by atoms with Gasteiger partial charge in [0.15, 0.2) is 0 Å². The molecule has 1 atom stereocenters. The van der Waals surface area contributed by atoms with Crippen molar-refractivity contribution < 1.29 is 4.79 Å². The Morgan fingerprint density at radius 3 is 2.47 bits per heavy atom. The third kappa shape index (κ3) is 4.54. The summed E-state index contributed by atoms with van der Waals surface area (Å²) in [6.07, 6.45) is 0. The van der Waals surface area contributed by atoms with Gasteiger partial charge in [-0.05, 0) is 32.1 Å². The fraction of sp³-hybridized carbons (Fsp3) is 0.462. The Bertz CT molecular complexity index is 375. The predicted molar refractivity (Wildman–Crippen MR) is 69.3 cm³/mol. The van der Waals surface area contributed by atoms with E-state index in [0.717, 1.165) is 12.1 Å². The van der Waals surface area contributed by atoms with Crippen LogP contribution in [0.15, 0.2) is 24.3 Å². The van der Waals surface area contributed by atoms with Crippen LogP contribution in [-0.2, 0) is 17.9 Å². The first-order valence-corrected chi connectivity index (χ1v) is 5.75. The average Bonchev–Trinajstić information content (AvgIpc) is 2.26. The standard InChI is InChI=1S/C13H21N3O/c1-10(14)13(17)15-8-11-6-4-5-7-12(11)9-16(2)3/h4-7,10H,8-9,14H2,1-3H3,(H,15,17). The zero-order valence-electron chi connectivity index (χ0n) is 10.7. The summed E-state index contributed by atoms with van der Waals surface area (Å²) in [5, 5.41) is 2.83. The molecule has 1 aromatic rings. The van der Waals surface area contributed by atoms with Gasteiger partial charge in [0.2, 0.25) is 5.91 Å². The minimum absolute atomic E-state index is 0.121. The Labute approximate surface area is 103 Å². The third-order valence-corrected chi connectivity index (χ3v) is 2.47. The summed E-state index contributed by atoms with van der Waals surface area (Å²) in [6.45, 7) is 3.08. The van der Waals surface area contributed by atoms with Crippen molar-refractivity contribution in [1.82, 2.24) is 10.2 Å². The highest BCUT2D eigenvalue weighted by Crippen LogP contribution is 2.10. The molecular formula is C13H21N3O. The summed E-state index contributed by atoms with van der Waals surface area (Å²) in [5.41, 5.74) is 7.86. The van der Waals surface area contributed by atoms with Crippen molar-refractivity contribution in [2.45, 2.75) is 26.1 Å². The molecule has 1 rings (SSSR count). The van der Waals surface area contributed by atoms with Crippen LogP contribution in [0.3, 0.4) is 0 Å².